The zero-order valence-corrected chi connectivity index (χ0v) is 14.9. The predicted molar refractivity (Wildman–Crippen MR) is 90.6 cm³/mol. The van der Waals surface area contributed by atoms with E-state index in [9.17, 15) is 8.42 Å². The third-order valence-corrected chi connectivity index (χ3v) is 5.79. The lowest BCUT2D eigenvalue weighted by Gasteiger charge is -2.20. The van der Waals surface area contributed by atoms with Crippen LogP contribution >= 0.6 is 11.6 Å². The van der Waals surface area contributed by atoms with Crippen LogP contribution < -0.4 is 0 Å². The number of nitrogens with zero attached hydrogens (tertiary/aromatic N) is 1. The fourth-order valence-electron chi connectivity index (χ4n) is 3.20. The number of aromatic nitrogens is 1. The van der Waals surface area contributed by atoms with E-state index in [1.165, 1.54) is 31.6 Å². The number of benzene rings is 1. The van der Waals surface area contributed by atoms with Gasteiger partial charge in [-0.05, 0) is 31.0 Å². The fourth-order valence-corrected chi connectivity index (χ4v) is 4.18. The SMILES string of the molecule is Cc1nc(C2CCCCC2)c(-c2ccc(S(C)(=O)=O)cc2Cl)o1. The van der Waals surface area contributed by atoms with Gasteiger partial charge in [0, 0.05) is 24.7 Å². The normalized spacial score (nSPS) is 16.7. The van der Waals surface area contributed by atoms with E-state index in [1.807, 2.05) is 6.92 Å². The molecule has 124 valence electrons. The molecule has 1 heterocycles. The number of sulfone groups is 1. The van der Waals surface area contributed by atoms with E-state index in [4.69, 9.17) is 16.0 Å². The molecule has 0 N–H and O–H groups in total. The number of halogens is 1. The summed E-state index contributed by atoms with van der Waals surface area (Å²) in [5, 5.41) is 0.376. The molecule has 0 amide bonds. The summed E-state index contributed by atoms with van der Waals surface area (Å²) in [6, 6.07) is 4.76. The first-order valence-electron chi connectivity index (χ1n) is 7.83. The Hall–Kier alpha value is -1.33. The van der Waals surface area contributed by atoms with Crippen LogP contribution in [-0.2, 0) is 9.84 Å². The zero-order chi connectivity index (χ0) is 16.6. The molecule has 0 unspecified atom stereocenters. The van der Waals surface area contributed by atoms with Crippen molar-refractivity contribution in [3.8, 4) is 11.3 Å². The van der Waals surface area contributed by atoms with Gasteiger partial charge in [-0.15, -0.1) is 0 Å². The summed E-state index contributed by atoms with van der Waals surface area (Å²) in [7, 11) is -3.28. The third-order valence-electron chi connectivity index (χ3n) is 4.37. The molecule has 1 aliphatic rings. The molecular weight excluding hydrogens is 334 g/mol. The van der Waals surface area contributed by atoms with Crippen LogP contribution in [0.2, 0.25) is 5.02 Å². The molecule has 0 aliphatic heterocycles. The van der Waals surface area contributed by atoms with Crippen molar-refractivity contribution in [3.63, 3.8) is 0 Å². The van der Waals surface area contributed by atoms with Gasteiger partial charge in [-0.25, -0.2) is 13.4 Å². The van der Waals surface area contributed by atoms with Crippen LogP contribution in [0, 0.1) is 6.92 Å². The molecule has 2 aromatic rings. The largest absolute Gasteiger partial charge is 0.441 e. The number of hydrogen-bond donors (Lipinski definition) is 0. The number of aryl methyl sites for hydroxylation is 1. The summed E-state index contributed by atoms with van der Waals surface area (Å²) >= 11 is 6.34. The lowest BCUT2D eigenvalue weighted by Crippen LogP contribution is -2.06. The molecule has 1 saturated carbocycles. The van der Waals surface area contributed by atoms with Crippen molar-refractivity contribution in [2.75, 3.05) is 6.26 Å². The van der Waals surface area contributed by atoms with Crippen molar-refractivity contribution < 1.29 is 12.8 Å². The molecule has 0 spiro atoms. The summed E-state index contributed by atoms with van der Waals surface area (Å²) < 4.78 is 29.1. The Bertz CT molecular complexity index is 820. The van der Waals surface area contributed by atoms with Gasteiger partial charge in [-0.3, -0.25) is 0 Å². The first-order valence-corrected chi connectivity index (χ1v) is 10.1. The molecule has 1 aliphatic carbocycles. The van der Waals surface area contributed by atoms with Crippen molar-refractivity contribution in [1.29, 1.82) is 0 Å². The van der Waals surface area contributed by atoms with Crippen LogP contribution in [0.3, 0.4) is 0 Å². The second-order valence-electron chi connectivity index (χ2n) is 6.20. The number of rotatable bonds is 3. The average molecular weight is 354 g/mol. The van der Waals surface area contributed by atoms with Crippen LogP contribution in [-0.4, -0.2) is 19.7 Å². The Kier molecular flexibility index (Phi) is 4.52. The molecule has 4 nitrogen and oxygen atoms in total. The van der Waals surface area contributed by atoms with E-state index < -0.39 is 9.84 Å². The molecule has 6 heteroatoms. The van der Waals surface area contributed by atoms with E-state index in [1.54, 1.807) is 12.1 Å². The van der Waals surface area contributed by atoms with E-state index >= 15 is 0 Å². The Morgan fingerprint density at radius 3 is 2.52 bits per heavy atom. The second kappa shape index (κ2) is 6.29. The summed E-state index contributed by atoms with van der Waals surface area (Å²) in [6.45, 7) is 1.83. The highest BCUT2D eigenvalue weighted by Gasteiger charge is 2.25. The minimum absolute atomic E-state index is 0.210. The minimum Gasteiger partial charge on any atom is -0.441 e. The molecule has 1 aromatic carbocycles. The molecular formula is C17H20ClNO3S. The molecule has 3 rings (SSSR count). The maximum Gasteiger partial charge on any atom is 0.192 e. The Morgan fingerprint density at radius 2 is 1.91 bits per heavy atom. The van der Waals surface area contributed by atoms with Gasteiger partial charge in [-0.1, -0.05) is 30.9 Å². The van der Waals surface area contributed by atoms with Gasteiger partial charge in [0.2, 0.25) is 0 Å². The molecule has 0 bridgehead atoms. The molecule has 23 heavy (non-hydrogen) atoms. The quantitative estimate of drug-likeness (QED) is 0.798. The van der Waals surface area contributed by atoms with Gasteiger partial charge < -0.3 is 4.42 Å². The number of hydrogen-bond acceptors (Lipinski definition) is 4. The topological polar surface area (TPSA) is 60.2 Å². The lowest BCUT2D eigenvalue weighted by molar-refractivity contribution is 0.437. The van der Waals surface area contributed by atoms with Gasteiger partial charge in [-0.2, -0.15) is 0 Å². The van der Waals surface area contributed by atoms with E-state index in [-0.39, 0.29) is 4.90 Å². The third kappa shape index (κ3) is 3.45. The molecule has 0 atom stereocenters. The first-order chi connectivity index (χ1) is 10.9. The van der Waals surface area contributed by atoms with Crippen LogP contribution in [0.5, 0.6) is 0 Å². The first kappa shape index (κ1) is 16.5. The summed E-state index contributed by atoms with van der Waals surface area (Å²) in [5.74, 6) is 1.69. The lowest BCUT2D eigenvalue weighted by atomic mass is 9.85. The highest BCUT2D eigenvalue weighted by molar-refractivity contribution is 7.90. The summed E-state index contributed by atoms with van der Waals surface area (Å²) in [4.78, 5) is 4.79. The van der Waals surface area contributed by atoms with Crippen molar-refractivity contribution >= 4 is 21.4 Å². The summed E-state index contributed by atoms with van der Waals surface area (Å²) in [6.07, 6.45) is 7.07. The van der Waals surface area contributed by atoms with Crippen LogP contribution in [0.15, 0.2) is 27.5 Å². The van der Waals surface area contributed by atoms with Gasteiger partial charge in [0.1, 0.15) is 0 Å². The highest BCUT2D eigenvalue weighted by Crippen LogP contribution is 2.40. The van der Waals surface area contributed by atoms with E-state index in [0.29, 0.717) is 28.2 Å². The maximum atomic E-state index is 11.7. The van der Waals surface area contributed by atoms with Crippen molar-refractivity contribution in [2.24, 2.45) is 0 Å². The Morgan fingerprint density at radius 1 is 1.22 bits per heavy atom. The smallest absolute Gasteiger partial charge is 0.192 e. The van der Waals surface area contributed by atoms with E-state index in [0.717, 1.165) is 18.5 Å². The Balaban J connectivity index is 2.05. The summed E-state index contributed by atoms with van der Waals surface area (Å²) in [5.41, 5.74) is 1.66. The molecule has 1 fully saturated rings. The van der Waals surface area contributed by atoms with Crippen LogP contribution in [0.25, 0.3) is 11.3 Å². The molecule has 0 saturated heterocycles. The average Bonchev–Trinajstić information content (AvgIpc) is 2.89. The second-order valence-corrected chi connectivity index (χ2v) is 8.62. The standard InChI is InChI=1S/C17H20ClNO3S/c1-11-19-16(12-6-4-3-5-7-12)17(22-11)14-9-8-13(10-15(14)18)23(2,20)21/h8-10,12H,3-7H2,1-2H3. The van der Waals surface area contributed by atoms with Gasteiger partial charge in [0.15, 0.2) is 21.5 Å². The predicted octanol–water partition coefficient (Wildman–Crippen LogP) is 4.75. The van der Waals surface area contributed by atoms with Crippen molar-refractivity contribution in [1.82, 2.24) is 4.98 Å². The van der Waals surface area contributed by atoms with Crippen LogP contribution in [0.1, 0.15) is 49.6 Å². The monoisotopic (exact) mass is 353 g/mol. The molecule has 1 aromatic heterocycles. The van der Waals surface area contributed by atoms with Crippen LogP contribution in [0.4, 0.5) is 0 Å². The van der Waals surface area contributed by atoms with Gasteiger partial charge in [0.05, 0.1) is 15.6 Å². The zero-order valence-electron chi connectivity index (χ0n) is 13.3. The van der Waals surface area contributed by atoms with Gasteiger partial charge >= 0.3 is 0 Å². The maximum absolute atomic E-state index is 11.7. The van der Waals surface area contributed by atoms with Crippen molar-refractivity contribution in [2.45, 2.75) is 49.8 Å². The highest BCUT2D eigenvalue weighted by atomic mass is 35.5. The molecule has 0 radical (unpaired) electrons. The van der Waals surface area contributed by atoms with Crippen molar-refractivity contribution in [3.05, 3.63) is 34.8 Å². The fraction of sp³-hybridized carbons (Fsp3) is 0.471. The Labute approximate surface area is 141 Å². The minimum atomic E-state index is -3.28. The van der Waals surface area contributed by atoms with E-state index in [2.05, 4.69) is 4.98 Å². The van der Waals surface area contributed by atoms with Gasteiger partial charge in [0.25, 0.3) is 0 Å². The number of oxazole rings is 1.